The third-order valence-electron chi connectivity index (χ3n) is 1.64. The van der Waals surface area contributed by atoms with Crippen molar-refractivity contribution in [3.8, 4) is 0 Å². The maximum absolute atomic E-state index is 11.9. The molecule has 0 aliphatic heterocycles. The van der Waals surface area contributed by atoms with Crippen molar-refractivity contribution in [1.82, 2.24) is 4.98 Å². The lowest BCUT2D eigenvalue weighted by molar-refractivity contribution is -0.170. The van der Waals surface area contributed by atoms with E-state index in [1.807, 2.05) is 0 Å². The Hall–Kier alpha value is -1.39. The largest absolute Gasteiger partial charge is 0.450 e. The summed E-state index contributed by atoms with van der Waals surface area (Å²) >= 11 is 0. The molecule has 0 N–H and O–H groups in total. The number of Topliss-reactive ketones (excluding diaryl/α,β-unsaturated/α-hetero) is 1. The highest BCUT2D eigenvalue weighted by molar-refractivity contribution is 5.86. The average molecular weight is 203 g/mol. The topological polar surface area (TPSA) is 30.0 Å². The van der Waals surface area contributed by atoms with Gasteiger partial charge in [0.1, 0.15) is 0 Å². The van der Waals surface area contributed by atoms with Gasteiger partial charge in [-0.15, -0.1) is 0 Å². The molecule has 0 radical (unpaired) electrons. The van der Waals surface area contributed by atoms with Crippen LogP contribution >= 0.6 is 0 Å². The first kappa shape index (κ1) is 10.7. The SMILES string of the molecule is Cc1cc(CC(=O)C(F)(F)F)ccn1. The van der Waals surface area contributed by atoms with E-state index in [2.05, 4.69) is 4.98 Å². The molecule has 5 heteroatoms. The molecule has 1 rings (SSSR count). The summed E-state index contributed by atoms with van der Waals surface area (Å²) in [6.07, 6.45) is -3.99. The lowest BCUT2D eigenvalue weighted by Crippen LogP contribution is -2.24. The molecule has 0 aliphatic rings. The maximum atomic E-state index is 11.9. The van der Waals surface area contributed by atoms with Gasteiger partial charge >= 0.3 is 6.18 Å². The molecule has 0 aromatic carbocycles. The summed E-state index contributed by atoms with van der Waals surface area (Å²) in [4.78, 5) is 14.4. The predicted molar refractivity (Wildman–Crippen MR) is 43.7 cm³/mol. The van der Waals surface area contributed by atoms with Gasteiger partial charge in [0, 0.05) is 18.3 Å². The first-order chi connectivity index (χ1) is 6.39. The molecule has 0 spiro atoms. The minimum Gasteiger partial charge on any atom is -0.289 e. The van der Waals surface area contributed by atoms with E-state index >= 15 is 0 Å². The molecule has 76 valence electrons. The summed E-state index contributed by atoms with van der Waals surface area (Å²) < 4.78 is 35.6. The standard InChI is InChI=1S/C9H8F3NO/c1-6-4-7(2-3-13-6)5-8(14)9(10,11)12/h2-4H,5H2,1H3. The van der Waals surface area contributed by atoms with E-state index in [0.717, 1.165) is 0 Å². The summed E-state index contributed by atoms with van der Waals surface area (Å²) in [5, 5.41) is 0. The molecule has 0 fully saturated rings. The number of carbonyl (C=O) groups is 1. The molecule has 0 unspecified atom stereocenters. The van der Waals surface area contributed by atoms with Crippen LogP contribution in [0, 0.1) is 6.92 Å². The number of nitrogens with zero attached hydrogens (tertiary/aromatic N) is 1. The van der Waals surface area contributed by atoms with E-state index in [-0.39, 0.29) is 0 Å². The molecule has 0 saturated carbocycles. The molecule has 2 nitrogen and oxygen atoms in total. The second-order valence-corrected chi connectivity index (χ2v) is 2.90. The predicted octanol–water partition coefficient (Wildman–Crippen LogP) is 2.06. The van der Waals surface area contributed by atoms with E-state index in [1.165, 1.54) is 18.3 Å². The van der Waals surface area contributed by atoms with Gasteiger partial charge in [0.2, 0.25) is 5.78 Å². The van der Waals surface area contributed by atoms with Crippen molar-refractivity contribution in [3.63, 3.8) is 0 Å². The van der Waals surface area contributed by atoms with Crippen LogP contribution in [0.3, 0.4) is 0 Å². The van der Waals surface area contributed by atoms with Crippen molar-refractivity contribution < 1.29 is 18.0 Å². The highest BCUT2D eigenvalue weighted by Gasteiger charge is 2.37. The Balaban J connectivity index is 2.75. The highest BCUT2D eigenvalue weighted by Crippen LogP contribution is 2.18. The van der Waals surface area contributed by atoms with Crippen LogP contribution in [0.5, 0.6) is 0 Å². The molecule has 0 saturated heterocycles. The van der Waals surface area contributed by atoms with Crippen molar-refractivity contribution >= 4 is 5.78 Å². The molecule has 14 heavy (non-hydrogen) atoms. The Morgan fingerprint density at radius 2 is 2.14 bits per heavy atom. The number of pyridine rings is 1. The highest BCUT2D eigenvalue weighted by atomic mass is 19.4. The zero-order valence-corrected chi connectivity index (χ0v) is 7.43. The molecular weight excluding hydrogens is 195 g/mol. The van der Waals surface area contributed by atoms with Crippen LogP contribution < -0.4 is 0 Å². The summed E-state index contributed by atoms with van der Waals surface area (Å²) in [6.45, 7) is 1.65. The minimum absolute atomic E-state index is 0.333. The van der Waals surface area contributed by atoms with Crippen molar-refractivity contribution in [2.24, 2.45) is 0 Å². The van der Waals surface area contributed by atoms with E-state index in [4.69, 9.17) is 0 Å². The third-order valence-corrected chi connectivity index (χ3v) is 1.64. The second kappa shape index (κ2) is 3.77. The Morgan fingerprint density at radius 1 is 1.50 bits per heavy atom. The molecule has 0 aliphatic carbocycles. The monoisotopic (exact) mass is 203 g/mol. The fourth-order valence-electron chi connectivity index (χ4n) is 1.000. The average Bonchev–Trinajstić information content (AvgIpc) is 2.02. The summed E-state index contributed by atoms with van der Waals surface area (Å²) in [7, 11) is 0. The van der Waals surface area contributed by atoms with Crippen molar-refractivity contribution in [3.05, 3.63) is 29.6 Å². The van der Waals surface area contributed by atoms with Crippen LogP contribution in [0.4, 0.5) is 13.2 Å². The number of rotatable bonds is 2. The summed E-state index contributed by atoms with van der Waals surface area (Å²) in [6, 6.07) is 2.86. The number of hydrogen-bond acceptors (Lipinski definition) is 2. The zero-order valence-electron chi connectivity index (χ0n) is 7.43. The minimum atomic E-state index is -4.75. The first-order valence-electron chi connectivity index (χ1n) is 3.91. The molecule has 1 heterocycles. The van der Waals surface area contributed by atoms with Crippen LogP contribution in [-0.2, 0) is 11.2 Å². The van der Waals surface area contributed by atoms with E-state index in [9.17, 15) is 18.0 Å². The van der Waals surface area contributed by atoms with Gasteiger partial charge < -0.3 is 0 Å². The van der Waals surface area contributed by atoms with Crippen molar-refractivity contribution in [2.75, 3.05) is 0 Å². The summed E-state index contributed by atoms with van der Waals surface area (Å²) in [5.74, 6) is -1.73. The van der Waals surface area contributed by atoms with Gasteiger partial charge in [-0.25, -0.2) is 0 Å². The maximum Gasteiger partial charge on any atom is 0.450 e. The Kier molecular flexibility index (Phi) is 2.88. The Labute approximate surface area is 78.8 Å². The van der Waals surface area contributed by atoms with Crippen LogP contribution in [0.2, 0.25) is 0 Å². The number of halogens is 3. The van der Waals surface area contributed by atoms with Gasteiger partial charge in [0.15, 0.2) is 0 Å². The quantitative estimate of drug-likeness (QED) is 0.736. The lowest BCUT2D eigenvalue weighted by atomic mass is 10.1. The van der Waals surface area contributed by atoms with Crippen LogP contribution in [-0.4, -0.2) is 16.9 Å². The smallest absolute Gasteiger partial charge is 0.289 e. The zero-order chi connectivity index (χ0) is 10.8. The molecule has 0 atom stereocenters. The van der Waals surface area contributed by atoms with E-state index in [1.54, 1.807) is 6.92 Å². The van der Waals surface area contributed by atoms with Gasteiger partial charge in [-0.3, -0.25) is 9.78 Å². The van der Waals surface area contributed by atoms with Gasteiger partial charge in [0.05, 0.1) is 0 Å². The fraction of sp³-hybridized carbons (Fsp3) is 0.333. The van der Waals surface area contributed by atoms with Crippen LogP contribution in [0.15, 0.2) is 18.3 Å². The van der Waals surface area contributed by atoms with E-state index in [0.29, 0.717) is 11.3 Å². The van der Waals surface area contributed by atoms with Gasteiger partial charge in [-0.2, -0.15) is 13.2 Å². The number of alkyl halides is 3. The third kappa shape index (κ3) is 2.83. The van der Waals surface area contributed by atoms with E-state index < -0.39 is 18.4 Å². The molecule has 1 aromatic rings. The molecular formula is C9H8F3NO. The van der Waals surface area contributed by atoms with Gasteiger partial charge in [-0.1, -0.05) is 0 Å². The number of hydrogen-bond donors (Lipinski definition) is 0. The molecule has 0 bridgehead atoms. The lowest BCUT2D eigenvalue weighted by Gasteiger charge is -2.04. The number of aromatic nitrogens is 1. The molecule has 1 aromatic heterocycles. The molecule has 0 amide bonds. The second-order valence-electron chi connectivity index (χ2n) is 2.90. The van der Waals surface area contributed by atoms with Crippen LogP contribution in [0.25, 0.3) is 0 Å². The summed E-state index contributed by atoms with van der Waals surface area (Å²) in [5.41, 5.74) is 0.928. The van der Waals surface area contributed by atoms with Gasteiger partial charge in [0.25, 0.3) is 0 Å². The van der Waals surface area contributed by atoms with Crippen molar-refractivity contribution in [1.29, 1.82) is 0 Å². The Morgan fingerprint density at radius 3 is 2.64 bits per heavy atom. The normalized spacial score (nSPS) is 11.4. The number of aryl methyl sites for hydroxylation is 1. The fourth-order valence-corrected chi connectivity index (χ4v) is 1.000. The Bertz CT molecular complexity index is 346. The first-order valence-corrected chi connectivity index (χ1v) is 3.91. The van der Waals surface area contributed by atoms with Crippen molar-refractivity contribution in [2.45, 2.75) is 19.5 Å². The number of carbonyl (C=O) groups excluding carboxylic acids is 1. The van der Waals surface area contributed by atoms with Gasteiger partial charge in [-0.05, 0) is 24.6 Å². The van der Waals surface area contributed by atoms with Crippen LogP contribution in [0.1, 0.15) is 11.3 Å². The number of ketones is 1.